The van der Waals surface area contributed by atoms with E-state index in [9.17, 15) is 27.6 Å². The molecule has 7 nitrogen and oxygen atoms in total. The van der Waals surface area contributed by atoms with E-state index in [0.29, 0.717) is 0 Å². The summed E-state index contributed by atoms with van der Waals surface area (Å²) in [5, 5.41) is 11.6. The Balaban J connectivity index is 2.05. The van der Waals surface area contributed by atoms with Gasteiger partial charge in [0.05, 0.1) is 23.9 Å². The fraction of sp³-hybridized carbons (Fsp3) is 0.400. The maximum Gasteiger partial charge on any atom is 0.394 e. The first-order chi connectivity index (χ1) is 11.6. The highest BCUT2D eigenvalue weighted by Crippen LogP contribution is 2.37. The van der Waals surface area contributed by atoms with Crippen LogP contribution >= 0.6 is 0 Å². The number of carboxylic acid groups (broad SMARTS) is 1. The van der Waals surface area contributed by atoms with Gasteiger partial charge in [0.1, 0.15) is 0 Å². The molecule has 0 bridgehead atoms. The van der Waals surface area contributed by atoms with Gasteiger partial charge < -0.3 is 21.1 Å². The third-order valence-corrected chi connectivity index (χ3v) is 4.03. The Morgan fingerprint density at radius 3 is 2.40 bits per heavy atom. The summed E-state index contributed by atoms with van der Waals surface area (Å²) in [7, 11) is 0. The van der Waals surface area contributed by atoms with E-state index >= 15 is 0 Å². The van der Waals surface area contributed by atoms with Crippen molar-refractivity contribution < 1.29 is 32.7 Å². The highest BCUT2D eigenvalue weighted by Gasteiger charge is 2.53. The molecule has 1 aromatic rings. The smallest absolute Gasteiger partial charge is 0.394 e. The van der Waals surface area contributed by atoms with Crippen molar-refractivity contribution in [1.82, 2.24) is 4.90 Å². The number of halogens is 3. The monoisotopic (exact) mass is 359 g/mol. The summed E-state index contributed by atoms with van der Waals surface area (Å²) in [6.45, 7) is -1.61. The van der Waals surface area contributed by atoms with E-state index in [0.717, 1.165) is 4.90 Å². The molecule has 25 heavy (non-hydrogen) atoms. The molecule has 0 aromatic heterocycles. The molecule has 0 unspecified atom stereocenters. The van der Waals surface area contributed by atoms with Gasteiger partial charge in [-0.1, -0.05) is 12.1 Å². The maximum absolute atomic E-state index is 12.9. The molecule has 2 atom stereocenters. The lowest BCUT2D eigenvalue weighted by molar-refractivity contribution is -0.188. The molecule has 1 aromatic carbocycles. The van der Waals surface area contributed by atoms with E-state index in [1.807, 2.05) is 0 Å². The maximum atomic E-state index is 12.9. The number of para-hydroxylation sites is 1. The number of amides is 2. The highest BCUT2D eigenvalue weighted by molar-refractivity contribution is 5.99. The number of benzene rings is 1. The number of carbonyl (C=O) groups excluding carboxylic acids is 2. The van der Waals surface area contributed by atoms with Gasteiger partial charge in [0.2, 0.25) is 5.91 Å². The van der Waals surface area contributed by atoms with Crippen LogP contribution in [0, 0.1) is 11.8 Å². The predicted molar refractivity (Wildman–Crippen MR) is 80.7 cm³/mol. The van der Waals surface area contributed by atoms with E-state index < -0.39 is 48.9 Å². The van der Waals surface area contributed by atoms with Gasteiger partial charge in [-0.2, -0.15) is 13.2 Å². The third kappa shape index (κ3) is 4.20. The van der Waals surface area contributed by atoms with Crippen LogP contribution in [-0.2, 0) is 9.59 Å². The van der Waals surface area contributed by atoms with Crippen molar-refractivity contribution in [2.24, 2.45) is 17.6 Å². The van der Waals surface area contributed by atoms with Crippen LogP contribution in [0.1, 0.15) is 10.4 Å². The molecule has 1 heterocycles. The van der Waals surface area contributed by atoms with Crippen LogP contribution in [0.3, 0.4) is 0 Å². The molecule has 1 saturated heterocycles. The fourth-order valence-corrected chi connectivity index (χ4v) is 2.72. The summed E-state index contributed by atoms with van der Waals surface area (Å²) >= 11 is 0. The first-order valence-electron chi connectivity index (χ1n) is 7.31. The summed E-state index contributed by atoms with van der Waals surface area (Å²) in [6.07, 6.45) is -4.70. The molecular formula is C15H16F3N3O4. The van der Waals surface area contributed by atoms with Gasteiger partial charge in [0, 0.05) is 18.8 Å². The Morgan fingerprint density at radius 1 is 1.24 bits per heavy atom. The molecule has 2 rings (SSSR count). The van der Waals surface area contributed by atoms with Crippen LogP contribution in [0.2, 0.25) is 0 Å². The van der Waals surface area contributed by atoms with Gasteiger partial charge in [-0.15, -0.1) is 0 Å². The molecular weight excluding hydrogens is 343 g/mol. The number of nitrogens with zero attached hydrogens (tertiary/aromatic N) is 1. The minimum Gasteiger partial charge on any atom is -0.481 e. The number of hydrogen-bond acceptors (Lipinski definition) is 4. The minimum atomic E-state index is -4.70. The number of carbonyl (C=O) groups is 3. The number of aliphatic carboxylic acids is 1. The van der Waals surface area contributed by atoms with Crippen molar-refractivity contribution in [1.29, 1.82) is 0 Å². The second-order valence-corrected chi connectivity index (χ2v) is 5.65. The minimum absolute atomic E-state index is 0.133. The Kier molecular flexibility index (Phi) is 5.19. The molecule has 1 aliphatic rings. The zero-order chi connectivity index (χ0) is 18.8. The van der Waals surface area contributed by atoms with Gasteiger partial charge in [0.15, 0.2) is 0 Å². The molecule has 10 heteroatoms. The zero-order valence-corrected chi connectivity index (χ0v) is 12.9. The summed E-state index contributed by atoms with van der Waals surface area (Å²) in [5.74, 6) is -6.81. The number of primary amides is 1. The molecule has 0 radical (unpaired) electrons. The standard InChI is InChI=1S/C15H16F3N3O4/c16-15(17,18)10-7-21(6-9(10)14(24)25)12(22)5-20-11-4-2-1-3-8(11)13(19)23/h1-4,9-10,20H,5-7H2,(H2,19,23)(H,24,25)/t9-,10-/m1/s1. The van der Waals surface area contributed by atoms with Crippen molar-refractivity contribution in [3.05, 3.63) is 29.8 Å². The number of nitrogens with one attached hydrogen (secondary N) is 1. The Labute approximate surface area is 140 Å². The number of likely N-dealkylation sites (tertiary alicyclic amines) is 1. The molecule has 0 aliphatic carbocycles. The SMILES string of the molecule is NC(=O)c1ccccc1NCC(=O)N1C[C@@H](C(F)(F)F)[C@H](C(=O)O)C1. The Bertz CT molecular complexity index is 693. The van der Waals surface area contributed by atoms with E-state index in [1.54, 1.807) is 12.1 Å². The zero-order valence-electron chi connectivity index (χ0n) is 12.9. The van der Waals surface area contributed by atoms with Crippen molar-refractivity contribution in [2.45, 2.75) is 6.18 Å². The van der Waals surface area contributed by atoms with Gasteiger partial charge in [-0.3, -0.25) is 14.4 Å². The molecule has 0 spiro atoms. The number of carboxylic acids is 1. The second kappa shape index (κ2) is 6.99. The number of nitrogens with two attached hydrogens (primary N) is 1. The lowest BCUT2D eigenvalue weighted by Crippen LogP contribution is -2.35. The van der Waals surface area contributed by atoms with Crippen LogP contribution in [0.5, 0.6) is 0 Å². The molecule has 1 aliphatic heterocycles. The van der Waals surface area contributed by atoms with Crippen molar-refractivity contribution in [3.8, 4) is 0 Å². The van der Waals surface area contributed by atoms with E-state index in [-0.39, 0.29) is 17.8 Å². The molecule has 136 valence electrons. The highest BCUT2D eigenvalue weighted by atomic mass is 19.4. The summed E-state index contributed by atoms with van der Waals surface area (Å²) in [5.41, 5.74) is 5.60. The van der Waals surface area contributed by atoms with Crippen LogP contribution in [0.15, 0.2) is 24.3 Å². The lowest BCUT2D eigenvalue weighted by atomic mass is 9.96. The lowest BCUT2D eigenvalue weighted by Gasteiger charge is -2.19. The molecule has 4 N–H and O–H groups in total. The van der Waals surface area contributed by atoms with Crippen molar-refractivity contribution >= 4 is 23.5 Å². The first-order valence-corrected chi connectivity index (χ1v) is 7.31. The summed E-state index contributed by atoms with van der Waals surface area (Å²) in [4.78, 5) is 35.3. The van der Waals surface area contributed by atoms with Crippen LogP contribution in [-0.4, -0.2) is 53.6 Å². The van der Waals surface area contributed by atoms with Gasteiger partial charge in [-0.05, 0) is 12.1 Å². The molecule has 2 amide bonds. The molecule has 0 saturated carbocycles. The van der Waals surface area contributed by atoms with E-state index in [1.165, 1.54) is 12.1 Å². The second-order valence-electron chi connectivity index (χ2n) is 5.65. The quantitative estimate of drug-likeness (QED) is 0.724. The number of hydrogen-bond donors (Lipinski definition) is 3. The Hall–Kier alpha value is -2.78. The topological polar surface area (TPSA) is 113 Å². The summed E-state index contributed by atoms with van der Waals surface area (Å²) < 4.78 is 38.8. The Morgan fingerprint density at radius 2 is 1.88 bits per heavy atom. The molecule has 1 fully saturated rings. The van der Waals surface area contributed by atoms with Gasteiger partial charge in [-0.25, -0.2) is 0 Å². The van der Waals surface area contributed by atoms with Crippen LogP contribution in [0.4, 0.5) is 18.9 Å². The van der Waals surface area contributed by atoms with E-state index in [2.05, 4.69) is 5.32 Å². The van der Waals surface area contributed by atoms with Crippen molar-refractivity contribution in [3.63, 3.8) is 0 Å². The number of alkyl halides is 3. The first kappa shape index (κ1) is 18.6. The number of anilines is 1. The largest absolute Gasteiger partial charge is 0.481 e. The normalized spacial score (nSPS) is 20.4. The predicted octanol–water partition coefficient (Wildman–Crippen LogP) is 0.919. The summed E-state index contributed by atoms with van der Waals surface area (Å²) in [6, 6.07) is 6.09. The van der Waals surface area contributed by atoms with Crippen molar-refractivity contribution in [2.75, 3.05) is 25.0 Å². The van der Waals surface area contributed by atoms with Gasteiger partial charge >= 0.3 is 12.1 Å². The van der Waals surface area contributed by atoms with Crippen LogP contribution < -0.4 is 11.1 Å². The fourth-order valence-electron chi connectivity index (χ4n) is 2.72. The van der Waals surface area contributed by atoms with E-state index in [4.69, 9.17) is 10.8 Å². The average molecular weight is 359 g/mol. The van der Waals surface area contributed by atoms with Gasteiger partial charge in [0.25, 0.3) is 5.91 Å². The van der Waals surface area contributed by atoms with Crippen LogP contribution in [0.25, 0.3) is 0 Å². The average Bonchev–Trinajstić information content (AvgIpc) is 2.98. The number of rotatable bonds is 5. The third-order valence-electron chi connectivity index (χ3n) is 4.03.